The molecule has 1 atom stereocenters. The maximum Gasteiger partial charge on any atom is 0.303 e. The van der Waals surface area contributed by atoms with Crippen LogP contribution in [-0.2, 0) is 17.6 Å². The molecular formula is C32H40O8. The Morgan fingerprint density at radius 1 is 0.950 bits per heavy atom. The lowest BCUT2D eigenvalue weighted by atomic mass is 9.91. The lowest BCUT2D eigenvalue weighted by Crippen LogP contribution is -2.33. The smallest absolute Gasteiger partial charge is 0.303 e. The Labute approximate surface area is 236 Å². The highest BCUT2D eigenvalue weighted by Crippen LogP contribution is 2.43. The van der Waals surface area contributed by atoms with E-state index in [9.17, 15) is 19.5 Å². The quantitative estimate of drug-likeness (QED) is 0.188. The van der Waals surface area contributed by atoms with E-state index in [1.807, 2.05) is 32.9 Å². The summed E-state index contributed by atoms with van der Waals surface area (Å²) in [6, 6.07) is 5.06. The van der Waals surface area contributed by atoms with Crippen LogP contribution in [0.3, 0.4) is 0 Å². The van der Waals surface area contributed by atoms with Crippen molar-refractivity contribution in [2.45, 2.75) is 85.2 Å². The van der Waals surface area contributed by atoms with E-state index in [4.69, 9.17) is 19.3 Å². The van der Waals surface area contributed by atoms with Gasteiger partial charge in [-0.05, 0) is 57.9 Å². The number of rotatable bonds is 15. The molecule has 2 aromatic carbocycles. The summed E-state index contributed by atoms with van der Waals surface area (Å²) < 4.78 is 18.5. The van der Waals surface area contributed by atoms with Gasteiger partial charge in [-0.25, -0.2) is 0 Å². The first-order valence-electron chi connectivity index (χ1n) is 13.9. The summed E-state index contributed by atoms with van der Waals surface area (Å²) in [7, 11) is 0. The molecule has 8 nitrogen and oxygen atoms in total. The van der Waals surface area contributed by atoms with Crippen LogP contribution in [0.5, 0.6) is 23.0 Å². The molecule has 2 aromatic rings. The second-order valence-electron chi connectivity index (χ2n) is 10.4. The summed E-state index contributed by atoms with van der Waals surface area (Å²) >= 11 is 0. The van der Waals surface area contributed by atoms with E-state index in [-0.39, 0.29) is 35.9 Å². The molecule has 8 heteroatoms. The number of fused-ring (bicyclic) bond motifs is 1. The maximum atomic E-state index is 12.6. The number of ether oxygens (including phenoxy) is 3. The number of carboxylic acids is 1. The number of Topliss-reactive ketones (excluding diaryl/α,β-unsaturated/α-hetero) is 2. The highest BCUT2D eigenvalue weighted by atomic mass is 16.5. The summed E-state index contributed by atoms with van der Waals surface area (Å²) in [6.45, 7) is 9.40. The summed E-state index contributed by atoms with van der Waals surface area (Å²) in [6.07, 6.45) is 7.33. The molecule has 40 heavy (non-hydrogen) atoms. The number of benzene rings is 2. The number of ketones is 2. The highest BCUT2D eigenvalue weighted by molar-refractivity contribution is 5.99. The van der Waals surface area contributed by atoms with Gasteiger partial charge in [-0.2, -0.15) is 0 Å². The van der Waals surface area contributed by atoms with E-state index in [1.165, 1.54) is 13.8 Å². The number of aliphatic carboxylic acids is 1. The minimum absolute atomic E-state index is 0.0244. The van der Waals surface area contributed by atoms with Crippen molar-refractivity contribution in [3.63, 3.8) is 0 Å². The molecule has 0 aromatic heterocycles. The molecule has 0 radical (unpaired) electrons. The van der Waals surface area contributed by atoms with E-state index >= 15 is 0 Å². The topological polar surface area (TPSA) is 119 Å². The molecule has 0 spiro atoms. The first-order chi connectivity index (χ1) is 19.0. The lowest BCUT2D eigenvalue weighted by Gasteiger charge is -2.33. The zero-order valence-corrected chi connectivity index (χ0v) is 24.1. The predicted molar refractivity (Wildman–Crippen MR) is 153 cm³/mol. The fourth-order valence-electron chi connectivity index (χ4n) is 4.84. The van der Waals surface area contributed by atoms with Gasteiger partial charge in [0, 0.05) is 36.0 Å². The fraction of sp³-hybridized carbons (Fsp3) is 0.469. The Kier molecular flexibility index (Phi) is 10.4. The summed E-state index contributed by atoms with van der Waals surface area (Å²) in [5, 5.41) is 19.7. The van der Waals surface area contributed by atoms with E-state index in [2.05, 4.69) is 0 Å². The van der Waals surface area contributed by atoms with E-state index in [0.717, 1.165) is 24.0 Å². The van der Waals surface area contributed by atoms with Gasteiger partial charge < -0.3 is 24.4 Å². The van der Waals surface area contributed by atoms with Crippen molar-refractivity contribution in [3.05, 3.63) is 52.1 Å². The normalized spacial score (nSPS) is 15.7. The second kappa shape index (κ2) is 13.5. The molecule has 0 fully saturated rings. The van der Waals surface area contributed by atoms with Gasteiger partial charge >= 0.3 is 5.97 Å². The first-order valence-corrected chi connectivity index (χ1v) is 13.9. The minimum atomic E-state index is -0.886. The molecule has 1 heterocycles. The van der Waals surface area contributed by atoms with Gasteiger partial charge in [-0.3, -0.25) is 14.4 Å². The van der Waals surface area contributed by atoms with Crippen LogP contribution in [0.25, 0.3) is 6.08 Å². The first kappa shape index (κ1) is 30.7. The molecule has 0 saturated carbocycles. The number of phenols is 1. The standard InChI is InChI=1S/C32H40O8/c1-6-9-24-27(12-11-23(20(3)33)29(24)37)38-17-8-18-39-31-25(10-7-2)30-22(19-26(31)21(4)34)13-15-32(5,40-30)16-14-28(35)36/h11-13,15,19,37H,6-10,14,16-18H2,1-5H3,(H,35,36). The molecule has 3 rings (SSSR count). The molecular weight excluding hydrogens is 512 g/mol. The average molecular weight is 553 g/mol. The fourth-order valence-corrected chi connectivity index (χ4v) is 4.84. The van der Waals surface area contributed by atoms with Crippen LogP contribution >= 0.6 is 0 Å². The number of carbonyl (C=O) groups excluding carboxylic acids is 2. The largest absolute Gasteiger partial charge is 0.507 e. The van der Waals surface area contributed by atoms with Crippen molar-refractivity contribution in [1.29, 1.82) is 0 Å². The zero-order valence-electron chi connectivity index (χ0n) is 24.1. The molecule has 0 bridgehead atoms. The number of hydrogen-bond acceptors (Lipinski definition) is 7. The lowest BCUT2D eigenvalue weighted by molar-refractivity contribution is -0.137. The number of carbonyl (C=O) groups is 3. The van der Waals surface area contributed by atoms with Crippen LogP contribution in [0, 0.1) is 0 Å². The predicted octanol–water partition coefficient (Wildman–Crippen LogP) is 6.58. The van der Waals surface area contributed by atoms with E-state index in [0.29, 0.717) is 60.7 Å². The summed E-state index contributed by atoms with van der Waals surface area (Å²) in [5.41, 5.74) is 2.16. The van der Waals surface area contributed by atoms with Crippen molar-refractivity contribution >= 4 is 23.6 Å². The van der Waals surface area contributed by atoms with Crippen LogP contribution in [0.4, 0.5) is 0 Å². The van der Waals surface area contributed by atoms with Crippen molar-refractivity contribution in [1.82, 2.24) is 0 Å². The van der Waals surface area contributed by atoms with Crippen LogP contribution < -0.4 is 14.2 Å². The third-order valence-electron chi connectivity index (χ3n) is 6.93. The van der Waals surface area contributed by atoms with Crippen molar-refractivity contribution in [3.8, 4) is 23.0 Å². The number of hydrogen-bond donors (Lipinski definition) is 2. The average Bonchev–Trinajstić information content (AvgIpc) is 2.89. The summed E-state index contributed by atoms with van der Waals surface area (Å²) in [5.74, 6) is 0.405. The zero-order chi connectivity index (χ0) is 29.4. The van der Waals surface area contributed by atoms with E-state index in [1.54, 1.807) is 18.2 Å². The Morgan fingerprint density at radius 3 is 2.23 bits per heavy atom. The van der Waals surface area contributed by atoms with E-state index < -0.39 is 11.6 Å². The van der Waals surface area contributed by atoms with Crippen molar-refractivity contribution in [2.75, 3.05) is 13.2 Å². The molecule has 2 N–H and O–H groups in total. The van der Waals surface area contributed by atoms with Gasteiger partial charge in [-0.1, -0.05) is 32.8 Å². The van der Waals surface area contributed by atoms with Crippen LogP contribution in [-0.4, -0.2) is 46.6 Å². The molecule has 1 aliphatic rings. The third-order valence-corrected chi connectivity index (χ3v) is 6.93. The molecule has 216 valence electrons. The van der Waals surface area contributed by atoms with Gasteiger partial charge in [0.2, 0.25) is 0 Å². The number of aromatic hydroxyl groups is 1. The SMILES string of the molecule is CCCc1c(OCCCOc2c(C(C)=O)cc3c(c2CCC)OC(C)(CCC(=O)O)C=C3)ccc(C(C)=O)c1O. The Bertz CT molecular complexity index is 1290. The monoisotopic (exact) mass is 552 g/mol. The van der Waals surface area contributed by atoms with Crippen molar-refractivity contribution in [2.24, 2.45) is 0 Å². The Hall–Kier alpha value is -3.81. The third kappa shape index (κ3) is 7.23. The van der Waals surface area contributed by atoms with Gasteiger partial charge in [0.05, 0.1) is 24.3 Å². The molecule has 0 aliphatic carbocycles. The Balaban J connectivity index is 1.79. The molecule has 0 amide bonds. The minimum Gasteiger partial charge on any atom is -0.507 e. The van der Waals surface area contributed by atoms with Gasteiger partial charge in [0.15, 0.2) is 11.6 Å². The second-order valence-corrected chi connectivity index (χ2v) is 10.4. The van der Waals surface area contributed by atoms with Crippen LogP contribution in [0.15, 0.2) is 24.3 Å². The van der Waals surface area contributed by atoms with Gasteiger partial charge in [0.25, 0.3) is 0 Å². The number of carboxylic acid groups (broad SMARTS) is 1. The van der Waals surface area contributed by atoms with Gasteiger partial charge in [0.1, 0.15) is 28.6 Å². The highest BCUT2D eigenvalue weighted by Gasteiger charge is 2.32. The summed E-state index contributed by atoms with van der Waals surface area (Å²) in [4.78, 5) is 35.6. The van der Waals surface area contributed by atoms with Crippen LogP contribution in [0.1, 0.15) is 104 Å². The Morgan fingerprint density at radius 2 is 1.60 bits per heavy atom. The molecule has 1 unspecified atom stereocenters. The van der Waals surface area contributed by atoms with Crippen molar-refractivity contribution < 1.29 is 38.8 Å². The maximum absolute atomic E-state index is 12.6. The molecule has 1 aliphatic heterocycles. The van der Waals surface area contributed by atoms with Gasteiger partial charge in [-0.15, -0.1) is 0 Å². The van der Waals surface area contributed by atoms with Crippen LogP contribution in [0.2, 0.25) is 0 Å². The number of phenolic OH excluding ortho intramolecular Hbond substituents is 1. The molecule has 0 saturated heterocycles.